The molecule has 4 rings (SSSR count). The molecule has 34 heavy (non-hydrogen) atoms. The van der Waals surface area contributed by atoms with Crippen molar-refractivity contribution in [3.8, 4) is 10.6 Å². The minimum Gasteiger partial charge on any atom is -0.380 e. The molecule has 0 unspecified atom stereocenters. The maximum atomic E-state index is 13.0. The summed E-state index contributed by atoms with van der Waals surface area (Å²) in [6, 6.07) is 13.3. The molecule has 1 N–H and O–H groups in total. The number of ketones is 1. The number of anilines is 1. The van der Waals surface area contributed by atoms with Crippen molar-refractivity contribution < 1.29 is 19.1 Å². The second kappa shape index (κ2) is 11.4. The van der Waals surface area contributed by atoms with Crippen molar-refractivity contribution in [3.63, 3.8) is 0 Å². The zero-order valence-electron chi connectivity index (χ0n) is 19.4. The topological polar surface area (TPSA) is 93.7 Å². The largest absolute Gasteiger partial charge is 0.380 e. The van der Waals surface area contributed by atoms with E-state index >= 15 is 0 Å². The number of carbonyl (C=O) groups is 2. The molecule has 0 saturated carbocycles. The SMILES string of the molecule is COCc1ccc(C(=O)Cc2nnc(-c3ccccc3C)s2)cc1NC(=O)CN1CCOCC1. The minimum absolute atomic E-state index is 0.0832. The van der Waals surface area contributed by atoms with E-state index in [0.29, 0.717) is 36.1 Å². The van der Waals surface area contributed by atoms with Crippen LogP contribution in [0.3, 0.4) is 0 Å². The lowest BCUT2D eigenvalue weighted by Gasteiger charge is -2.26. The highest BCUT2D eigenvalue weighted by atomic mass is 32.1. The molecule has 0 bridgehead atoms. The molecule has 8 nitrogen and oxygen atoms in total. The summed E-state index contributed by atoms with van der Waals surface area (Å²) in [7, 11) is 1.60. The fourth-order valence-electron chi connectivity index (χ4n) is 3.79. The Hall–Kier alpha value is -2.98. The van der Waals surface area contributed by atoms with Crippen molar-refractivity contribution in [1.29, 1.82) is 0 Å². The summed E-state index contributed by atoms with van der Waals surface area (Å²) in [5, 5.41) is 12.9. The van der Waals surface area contributed by atoms with Gasteiger partial charge in [0.25, 0.3) is 0 Å². The number of benzene rings is 2. The van der Waals surface area contributed by atoms with Crippen molar-refractivity contribution in [2.45, 2.75) is 20.0 Å². The first-order valence-electron chi connectivity index (χ1n) is 11.2. The van der Waals surface area contributed by atoms with Crippen LogP contribution in [0.1, 0.15) is 26.5 Å². The third-order valence-corrected chi connectivity index (χ3v) is 6.59. The fraction of sp³-hybridized carbons (Fsp3) is 0.360. The third kappa shape index (κ3) is 6.12. The average Bonchev–Trinajstić information content (AvgIpc) is 3.29. The fourth-order valence-corrected chi connectivity index (χ4v) is 4.71. The van der Waals surface area contributed by atoms with Gasteiger partial charge in [0, 0.05) is 42.6 Å². The normalized spacial score (nSPS) is 14.2. The molecular weight excluding hydrogens is 452 g/mol. The predicted molar refractivity (Wildman–Crippen MR) is 131 cm³/mol. The zero-order chi connectivity index (χ0) is 23.9. The van der Waals surface area contributed by atoms with Gasteiger partial charge in [-0.3, -0.25) is 14.5 Å². The molecule has 1 fully saturated rings. The molecule has 2 aromatic carbocycles. The maximum absolute atomic E-state index is 13.0. The smallest absolute Gasteiger partial charge is 0.238 e. The first-order chi connectivity index (χ1) is 16.5. The summed E-state index contributed by atoms with van der Waals surface area (Å²) in [4.78, 5) is 27.7. The zero-order valence-corrected chi connectivity index (χ0v) is 20.2. The van der Waals surface area contributed by atoms with Crippen LogP contribution in [0.4, 0.5) is 5.69 Å². The van der Waals surface area contributed by atoms with Crippen LogP contribution in [0.15, 0.2) is 42.5 Å². The molecule has 9 heteroatoms. The highest BCUT2D eigenvalue weighted by Crippen LogP contribution is 2.27. The first-order valence-corrected chi connectivity index (χ1v) is 12.0. The van der Waals surface area contributed by atoms with Gasteiger partial charge in [0.1, 0.15) is 10.0 Å². The monoisotopic (exact) mass is 480 g/mol. The number of ether oxygens (including phenoxy) is 2. The Morgan fingerprint density at radius 1 is 1.15 bits per heavy atom. The first kappa shape index (κ1) is 24.2. The number of carbonyl (C=O) groups excluding carboxylic acids is 2. The van der Waals surface area contributed by atoms with Gasteiger partial charge in [-0.2, -0.15) is 0 Å². The maximum Gasteiger partial charge on any atom is 0.238 e. The van der Waals surface area contributed by atoms with Crippen molar-refractivity contribution in [2.75, 3.05) is 45.3 Å². The number of nitrogens with one attached hydrogen (secondary N) is 1. The summed E-state index contributed by atoms with van der Waals surface area (Å²) in [6.45, 7) is 5.34. The lowest BCUT2D eigenvalue weighted by atomic mass is 10.0. The summed E-state index contributed by atoms with van der Waals surface area (Å²) < 4.78 is 10.6. The predicted octanol–water partition coefficient (Wildman–Crippen LogP) is 3.36. The van der Waals surface area contributed by atoms with E-state index in [4.69, 9.17) is 9.47 Å². The molecule has 0 aliphatic carbocycles. The molecule has 1 saturated heterocycles. The Balaban J connectivity index is 1.46. The van der Waals surface area contributed by atoms with Crippen molar-refractivity contribution in [2.24, 2.45) is 0 Å². The van der Waals surface area contributed by atoms with Gasteiger partial charge < -0.3 is 14.8 Å². The molecule has 1 amide bonds. The van der Waals surface area contributed by atoms with E-state index in [2.05, 4.69) is 15.5 Å². The standard InChI is InChI=1S/C25H28N4O4S/c1-17-5-3-4-6-20(17)25-28-27-24(34-25)14-22(30)18-7-8-19(16-32-2)21(13-18)26-23(31)15-29-9-11-33-12-10-29/h3-8,13H,9-12,14-16H2,1-2H3,(H,26,31). The van der Waals surface area contributed by atoms with Gasteiger partial charge in [-0.25, -0.2) is 0 Å². The molecule has 0 atom stereocenters. The van der Waals surface area contributed by atoms with Gasteiger partial charge in [0.2, 0.25) is 5.91 Å². The summed E-state index contributed by atoms with van der Waals surface area (Å²) in [6.07, 6.45) is 0.147. The number of methoxy groups -OCH3 is 1. The number of nitrogens with zero attached hydrogens (tertiary/aromatic N) is 3. The van der Waals surface area contributed by atoms with E-state index in [1.165, 1.54) is 11.3 Å². The Bertz CT molecular complexity index is 1160. The Labute approximate surface area is 202 Å². The quantitative estimate of drug-likeness (QED) is 0.470. The van der Waals surface area contributed by atoms with E-state index in [9.17, 15) is 9.59 Å². The highest BCUT2D eigenvalue weighted by molar-refractivity contribution is 7.14. The van der Waals surface area contributed by atoms with Crippen LogP contribution in [0.5, 0.6) is 0 Å². The number of amides is 1. The van der Waals surface area contributed by atoms with Crippen LogP contribution in [0.25, 0.3) is 10.6 Å². The van der Waals surface area contributed by atoms with E-state index in [0.717, 1.165) is 34.8 Å². The van der Waals surface area contributed by atoms with E-state index in [1.54, 1.807) is 19.2 Å². The van der Waals surface area contributed by atoms with E-state index < -0.39 is 0 Å². The van der Waals surface area contributed by atoms with Crippen molar-refractivity contribution >= 4 is 28.7 Å². The average molecular weight is 481 g/mol. The molecule has 1 aliphatic rings. The lowest BCUT2D eigenvalue weighted by Crippen LogP contribution is -2.41. The Morgan fingerprint density at radius 2 is 1.94 bits per heavy atom. The van der Waals surface area contributed by atoms with E-state index in [-0.39, 0.29) is 24.7 Å². The number of Topliss-reactive ketones (excluding diaryl/α,β-unsaturated/α-hetero) is 1. The van der Waals surface area contributed by atoms with Gasteiger partial charge in [0.05, 0.1) is 32.8 Å². The Morgan fingerprint density at radius 3 is 2.71 bits per heavy atom. The molecule has 2 heterocycles. The van der Waals surface area contributed by atoms with Crippen LogP contribution in [0.2, 0.25) is 0 Å². The molecule has 3 aromatic rings. The summed E-state index contributed by atoms with van der Waals surface area (Å²) in [5.74, 6) is -0.212. The van der Waals surface area contributed by atoms with Gasteiger partial charge >= 0.3 is 0 Å². The second-order valence-electron chi connectivity index (χ2n) is 8.16. The molecule has 1 aromatic heterocycles. The number of aryl methyl sites for hydroxylation is 1. The number of morpholine rings is 1. The van der Waals surface area contributed by atoms with Gasteiger partial charge in [0.15, 0.2) is 5.78 Å². The number of aromatic nitrogens is 2. The molecule has 0 radical (unpaired) electrons. The van der Waals surface area contributed by atoms with Crippen LogP contribution >= 0.6 is 11.3 Å². The summed E-state index contributed by atoms with van der Waals surface area (Å²) >= 11 is 1.42. The van der Waals surface area contributed by atoms with Crippen LogP contribution in [-0.2, 0) is 27.3 Å². The van der Waals surface area contributed by atoms with Crippen molar-refractivity contribution in [3.05, 3.63) is 64.2 Å². The molecule has 1 aliphatic heterocycles. The summed E-state index contributed by atoms with van der Waals surface area (Å²) in [5.41, 5.74) is 4.04. The van der Waals surface area contributed by atoms with Crippen molar-refractivity contribution in [1.82, 2.24) is 15.1 Å². The van der Waals surface area contributed by atoms with Crippen LogP contribution in [-0.4, -0.2) is 66.7 Å². The Kier molecular flexibility index (Phi) is 8.12. The van der Waals surface area contributed by atoms with Crippen LogP contribution < -0.4 is 5.32 Å². The lowest BCUT2D eigenvalue weighted by molar-refractivity contribution is -0.118. The molecular formula is C25H28N4O4S. The van der Waals surface area contributed by atoms with Crippen LogP contribution in [0, 0.1) is 6.92 Å². The highest BCUT2D eigenvalue weighted by Gasteiger charge is 2.18. The van der Waals surface area contributed by atoms with E-state index in [1.807, 2.05) is 42.2 Å². The third-order valence-electron chi connectivity index (χ3n) is 5.63. The van der Waals surface area contributed by atoms with Gasteiger partial charge in [-0.05, 0) is 18.6 Å². The minimum atomic E-state index is -0.129. The second-order valence-corrected chi connectivity index (χ2v) is 9.22. The van der Waals surface area contributed by atoms with Gasteiger partial charge in [-0.1, -0.05) is 47.7 Å². The molecule has 178 valence electrons. The number of rotatable bonds is 9. The van der Waals surface area contributed by atoms with Gasteiger partial charge in [-0.15, -0.1) is 10.2 Å². The number of hydrogen-bond acceptors (Lipinski definition) is 8. The molecule has 0 spiro atoms. The number of hydrogen-bond donors (Lipinski definition) is 1.